The largest absolute Gasteiger partial charge is 0.472 e. The van der Waals surface area contributed by atoms with Gasteiger partial charge in [-0.3, -0.25) is 0 Å². The maximum Gasteiger partial charge on any atom is 0.194 e. The Labute approximate surface area is 102 Å². The number of hydrogen-bond acceptors (Lipinski definition) is 2. The summed E-state index contributed by atoms with van der Waals surface area (Å²) in [6.07, 6.45) is 2.95. The van der Waals surface area contributed by atoms with Crippen LogP contribution in [0.15, 0.2) is 35.1 Å². The lowest BCUT2D eigenvalue weighted by atomic mass is 10.0. The lowest BCUT2D eigenvalue weighted by molar-refractivity contribution is 0.442. The van der Waals surface area contributed by atoms with Gasteiger partial charge in [0.1, 0.15) is 0 Å². The Hall–Kier alpha value is -1.75. The summed E-state index contributed by atoms with van der Waals surface area (Å²) in [6, 6.07) is 3.22. The summed E-state index contributed by atoms with van der Waals surface area (Å²) in [7, 11) is 0. The van der Waals surface area contributed by atoms with Crippen LogP contribution in [0.1, 0.15) is 24.1 Å². The van der Waals surface area contributed by atoms with Gasteiger partial charge >= 0.3 is 0 Å². The molecule has 0 amide bonds. The molecule has 0 aliphatic carbocycles. The molecule has 96 valence electrons. The summed E-state index contributed by atoms with van der Waals surface area (Å²) in [6.45, 7) is 2.46. The van der Waals surface area contributed by atoms with E-state index in [0.717, 1.165) is 17.7 Å². The molecule has 5 heteroatoms. The summed E-state index contributed by atoms with van der Waals surface area (Å²) >= 11 is 0. The van der Waals surface area contributed by atoms with E-state index in [2.05, 4.69) is 5.32 Å². The number of furan rings is 1. The third-order valence-electron chi connectivity index (χ3n) is 2.62. The molecule has 1 unspecified atom stereocenters. The van der Waals surface area contributed by atoms with Crippen molar-refractivity contribution in [2.75, 3.05) is 6.54 Å². The lowest BCUT2D eigenvalue weighted by Gasteiger charge is -2.17. The molecular weight excluding hydrogens is 243 g/mol. The quantitative estimate of drug-likeness (QED) is 0.847. The number of hydrogen-bond donors (Lipinski definition) is 1. The maximum absolute atomic E-state index is 13.2. The monoisotopic (exact) mass is 255 g/mol. The highest BCUT2D eigenvalue weighted by atomic mass is 19.2. The van der Waals surface area contributed by atoms with E-state index < -0.39 is 23.5 Å². The third-order valence-corrected chi connectivity index (χ3v) is 2.62. The van der Waals surface area contributed by atoms with E-state index in [9.17, 15) is 13.2 Å². The summed E-state index contributed by atoms with van der Waals surface area (Å²) < 4.78 is 44.3. The molecule has 0 saturated carbocycles. The van der Waals surface area contributed by atoms with Gasteiger partial charge in [0, 0.05) is 5.56 Å². The van der Waals surface area contributed by atoms with Crippen LogP contribution in [0.4, 0.5) is 13.2 Å². The van der Waals surface area contributed by atoms with Gasteiger partial charge in [-0.1, -0.05) is 6.92 Å². The topological polar surface area (TPSA) is 25.2 Å². The van der Waals surface area contributed by atoms with Gasteiger partial charge in [0.05, 0.1) is 18.6 Å². The maximum atomic E-state index is 13.2. The number of rotatable bonds is 4. The van der Waals surface area contributed by atoms with Crippen molar-refractivity contribution in [3.63, 3.8) is 0 Å². The van der Waals surface area contributed by atoms with Crippen LogP contribution in [0.5, 0.6) is 0 Å². The first-order valence-electron chi connectivity index (χ1n) is 5.53. The summed E-state index contributed by atoms with van der Waals surface area (Å²) in [5, 5.41) is 3.06. The van der Waals surface area contributed by atoms with E-state index in [4.69, 9.17) is 4.42 Å². The fourth-order valence-corrected chi connectivity index (χ4v) is 1.81. The first-order valence-corrected chi connectivity index (χ1v) is 5.53. The van der Waals surface area contributed by atoms with Crippen LogP contribution >= 0.6 is 0 Å². The van der Waals surface area contributed by atoms with Crippen LogP contribution < -0.4 is 5.32 Å². The Morgan fingerprint density at radius 3 is 2.33 bits per heavy atom. The molecule has 0 fully saturated rings. The minimum Gasteiger partial charge on any atom is -0.472 e. The fourth-order valence-electron chi connectivity index (χ4n) is 1.81. The van der Waals surface area contributed by atoms with E-state index in [1.807, 2.05) is 6.92 Å². The standard InChI is InChI=1S/C13H12F3NO/c1-2-17-13(8-3-4-18-7-8)9-5-10(14)12(16)11(15)6-9/h3-7,13,17H,2H2,1H3. The molecule has 1 atom stereocenters. The van der Waals surface area contributed by atoms with Crippen molar-refractivity contribution in [3.05, 3.63) is 59.3 Å². The van der Waals surface area contributed by atoms with Gasteiger partial charge in [-0.15, -0.1) is 0 Å². The molecule has 1 aromatic heterocycles. The second kappa shape index (κ2) is 5.27. The zero-order valence-electron chi connectivity index (χ0n) is 9.71. The van der Waals surface area contributed by atoms with Crippen LogP contribution in [0.2, 0.25) is 0 Å². The Bertz CT molecular complexity index is 502. The Kier molecular flexibility index (Phi) is 3.72. The molecule has 0 radical (unpaired) electrons. The minimum atomic E-state index is -1.46. The van der Waals surface area contributed by atoms with Gasteiger partial charge < -0.3 is 9.73 Å². The second-order valence-corrected chi connectivity index (χ2v) is 3.85. The molecule has 2 nitrogen and oxygen atoms in total. The predicted molar refractivity (Wildman–Crippen MR) is 60.5 cm³/mol. The summed E-state index contributed by atoms with van der Waals surface area (Å²) in [4.78, 5) is 0. The average molecular weight is 255 g/mol. The smallest absolute Gasteiger partial charge is 0.194 e. The molecule has 1 heterocycles. The number of halogens is 3. The molecule has 1 N–H and O–H groups in total. The van der Waals surface area contributed by atoms with Crippen molar-refractivity contribution < 1.29 is 17.6 Å². The molecule has 0 spiro atoms. The zero-order valence-corrected chi connectivity index (χ0v) is 9.71. The van der Waals surface area contributed by atoms with Crippen LogP contribution in [0, 0.1) is 17.5 Å². The molecular formula is C13H12F3NO. The minimum absolute atomic E-state index is 0.314. The first kappa shape index (κ1) is 12.7. The Balaban J connectivity index is 2.43. The van der Waals surface area contributed by atoms with Gasteiger partial charge in [0.15, 0.2) is 17.5 Å². The van der Waals surface area contributed by atoms with E-state index in [-0.39, 0.29) is 0 Å². The highest BCUT2D eigenvalue weighted by Crippen LogP contribution is 2.25. The van der Waals surface area contributed by atoms with Crippen molar-refractivity contribution in [1.82, 2.24) is 5.32 Å². The van der Waals surface area contributed by atoms with E-state index in [0.29, 0.717) is 12.1 Å². The number of benzene rings is 1. The number of nitrogens with one attached hydrogen (secondary N) is 1. The Morgan fingerprint density at radius 2 is 1.83 bits per heavy atom. The molecule has 0 aliphatic heterocycles. The van der Waals surface area contributed by atoms with Crippen LogP contribution in [0.25, 0.3) is 0 Å². The normalized spacial score (nSPS) is 12.7. The molecule has 18 heavy (non-hydrogen) atoms. The van der Waals surface area contributed by atoms with Crippen molar-refractivity contribution >= 4 is 0 Å². The van der Waals surface area contributed by atoms with E-state index in [1.54, 1.807) is 6.07 Å². The van der Waals surface area contributed by atoms with E-state index in [1.165, 1.54) is 12.5 Å². The van der Waals surface area contributed by atoms with Crippen molar-refractivity contribution in [1.29, 1.82) is 0 Å². The molecule has 2 aromatic rings. The van der Waals surface area contributed by atoms with Gasteiger partial charge in [-0.25, -0.2) is 13.2 Å². The second-order valence-electron chi connectivity index (χ2n) is 3.85. The van der Waals surface area contributed by atoms with Gasteiger partial charge in [-0.2, -0.15) is 0 Å². The van der Waals surface area contributed by atoms with Crippen LogP contribution in [-0.2, 0) is 0 Å². The Morgan fingerprint density at radius 1 is 1.17 bits per heavy atom. The third kappa shape index (κ3) is 2.41. The molecule has 0 aliphatic rings. The average Bonchev–Trinajstić information content (AvgIpc) is 2.86. The molecule has 1 aromatic carbocycles. The zero-order chi connectivity index (χ0) is 13.1. The summed E-state index contributed by atoms with van der Waals surface area (Å²) in [5.41, 5.74) is 1.04. The van der Waals surface area contributed by atoms with Gasteiger partial charge in [0.25, 0.3) is 0 Å². The van der Waals surface area contributed by atoms with Crippen molar-refractivity contribution in [2.24, 2.45) is 0 Å². The van der Waals surface area contributed by atoms with Gasteiger partial charge in [0.2, 0.25) is 0 Å². The van der Waals surface area contributed by atoms with E-state index >= 15 is 0 Å². The van der Waals surface area contributed by atoms with Crippen LogP contribution in [0.3, 0.4) is 0 Å². The first-order chi connectivity index (χ1) is 8.63. The van der Waals surface area contributed by atoms with Crippen molar-refractivity contribution in [3.8, 4) is 0 Å². The fraction of sp³-hybridized carbons (Fsp3) is 0.231. The van der Waals surface area contributed by atoms with Crippen LogP contribution in [-0.4, -0.2) is 6.54 Å². The highest BCUT2D eigenvalue weighted by molar-refractivity contribution is 5.31. The molecule has 2 rings (SSSR count). The van der Waals surface area contributed by atoms with Gasteiger partial charge in [-0.05, 0) is 30.3 Å². The van der Waals surface area contributed by atoms with Crippen molar-refractivity contribution in [2.45, 2.75) is 13.0 Å². The SMILES string of the molecule is CCNC(c1ccoc1)c1cc(F)c(F)c(F)c1. The predicted octanol–water partition coefficient (Wildman–Crippen LogP) is 3.40. The molecule has 0 bridgehead atoms. The lowest BCUT2D eigenvalue weighted by Crippen LogP contribution is -2.22. The summed E-state index contributed by atoms with van der Waals surface area (Å²) in [5.74, 6) is -3.85. The highest BCUT2D eigenvalue weighted by Gasteiger charge is 2.19. The molecule has 0 saturated heterocycles.